The van der Waals surface area contributed by atoms with Crippen LogP contribution in [-0.4, -0.2) is 36.3 Å². The minimum Gasteiger partial charge on any atom is -0.396 e. The summed E-state index contributed by atoms with van der Waals surface area (Å²) in [5.74, 6) is 0.117. The molecule has 1 heterocycles. The minimum atomic E-state index is -0.157. The summed E-state index contributed by atoms with van der Waals surface area (Å²) >= 11 is 0. The molecule has 1 aromatic rings. The Kier molecular flexibility index (Phi) is 6.36. The molecule has 0 spiro atoms. The van der Waals surface area contributed by atoms with Gasteiger partial charge in [-0.25, -0.2) is 0 Å². The van der Waals surface area contributed by atoms with Crippen molar-refractivity contribution in [1.29, 1.82) is 0 Å². The number of Topliss-reactive ketones (excluding diaryl/α,β-unsaturated/α-hetero) is 1. The van der Waals surface area contributed by atoms with Crippen molar-refractivity contribution >= 4 is 5.78 Å². The highest BCUT2D eigenvalue weighted by molar-refractivity contribution is 5.82. The molecule has 1 aromatic carbocycles. The van der Waals surface area contributed by atoms with Crippen LogP contribution >= 0.6 is 0 Å². The van der Waals surface area contributed by atoms with E-state index >= 15 is 0 Å². The number of carbonyl (C=O) groups is 1. The second-order valence-corrected chi connectivity index (χ2v) is 5.59. The Morgan fingerprint density at radius 3 is 2.76 bits per heavy atom. The summed E-state index contributed by atoms with van der Waals surface area (Å²) in [6, 6.07) is 10.0. The summed E-state index contributed by atoms with van der Waals surface area (Å²) in [5.41, 5.74) is 1.14. The molecule has 4 nitrogen and oxygen atoms in total. The van der Waals surface area contributed by atoms with E-state index in [-0.39, 0.29) is 30.5 Å². The molecule has 3 atom stereocenters. The maximum atomic E-state index is 11.9. The molecule has 1 saturated heterocycles. The first kappa shape index (κ1) is 16.1. The van der Waals surface area contributed by atoms with Crippen molar-refractivity contribution in [2.45, 2.75) is 45.0 Å². The number of rotatable bonds is 7. The fourth-order valence-electron chi connectivity index (χ4n) is 2.63. The van der Waals surface area contributed by atoms with Gasteiger partial charge in [0.05, 0.1) is 18.8 Å². The van der Waals surface area contributed by atoms with E-state index in [9.17, 15) is 4.79 Å². The maximum Gasteiger partial charge on any atom is 0.140 e. The molecule has 2 rings (SSSR count). The van der Waals surface area contributed by atoms with E-state index < -0.39 is 0 Å². The first-order chi connectivity index (χ1) is 10.2. The van der Waals surface area contributed by atoms with Crippen molar-refractivity contribution < 1.29 is 19.4 Å². The van der Waals surface area contributed by atoms with E-state index in [2.05, 4.69) is 0 Å². The zero-order valence-corrected chi connectivity index (χ0v) is 12.5. The monoisotopic (exact) mass is 292 g/mol. The maximum absolute atomic E-state index is 11.9. The molecular formula is C17H24O4. The van der Waals surface area contributed by atoms with Gasteiger partial charge in [-0.1, -0.05) is 37.3 Å². The minimum absolute atomic E-state index is 0.0551. The summed E-state index contributed by atoms with van der Waals surface area (Å²) in [6.45, 7) is 3.09. The molecule has 21 heavy (non-hydrogen) atoms. The summed E-state index contributed by atoms with van der Waals surface area (Å²) in [4.78, 5) is 11.9. The lowest BCUT2D eigenvalue weighted by Crippen LogP contribution is -2.41. The Labute approximate surface area is 126 Å². The number of hydrogen-bond donors (Lipinski definition) is 1. The molecule has 0 saturated carbocycles. The van der Waals surface area contributed by atoms with Crippen LogP contribution < -0.4 is 0 Å². The van der Waals surface area contributed by atoms with E-state index in [1.165, 1.54) is 0 Å². The lowest BCUT2D eigenvalue weighted by atomic mass is 9.89. The molecule has 0 bridgehead atoms. The molecule has 1 fully saturated rings. The summed E-state index contributed by atoms with van der Waals surface area (Å²) < 4.78 is 11.5. The fourth-order valence-corrected chi connectivity index (χ4v) is 2.63. The third-order valence-corrected chi connectivity index (χ3v) is 3.97. The summed E-state index contributed by atoms with van der Waals surface area (Å²) in [7, 11) is 0. The quantitative estimate of drug-likeness (QED) is 0.784. The number of hydrogen-bond acceptors (Lipinski definition) is 4. The van der Waals surface area contributed by atoms with Crippen LogP contribution in [0, 0.1) is 5.92 Å². The zero-order valence-electron chi connectivity index (χ0n) is 12.5. The van der Waals surface area contributed by atoms with Gasteiger partial charge in [-0.2, -0.15) is 0 Å². The van der Waals surface area contributed by atoms with Crippen molar-refractivity contribution in [2.75, 3.05) is 13.2 Å². The lowest BCUT2D eigenvalue weighted by Gasteiger charge is -2.33. The van der Waals surface area contributed by atoms with Crippen molar-refractivity contribution in [1.82, 2.24) is 0 Å². The fraction of sp³-hybridized carbons (Fsp3) is 0.588. The van der Waals surface area contributed by atoms with Gasteiger partial charge in [-0.05, 0) is 18.4 Å². The molecule has 1 aliphatic rings. The Balaban J connectivity index is 1.71. The number of ether oxygens (including phenoxy) is 2. The highest BCUT2D eigenvalue weighted by Gasteiger charge is 2.33. The second kappa shape index (κ2) is 8.27. The Morgan fingerprint density at radius 2 is 2.05 bits per heavy atom. The second-order valence-electron chi connectivity index (χ2n) is 5.59. The molecule has 0 radical (unpaired) electrons. The Morgan fingerprint density at radius 1 is 1.29 bits per heavy atom. The predicted molar refractivity (Wildman–Crippen MR) is 79.9 cm³/mol. The van der Waals surface area contributed by atoms with Crippen molar-refractivity contribution in [2.24, 2.45) is 5.92 Å². The van der Waals surface area contributed by atoms with Crippen LogP contribution in [0.1, 0.15) is 31.7 Å². The average molecular weight is 292 g/mol. The smallest absolute Gasteiger partial charge is 0.140 e. The van der Waals surface area contributed by atoms with Crippen LogP contribution in [0.5, 0.6) is 0 Å². The average Bonchev–Trinajstić information content (AvgIpc) is 2.50. The highest BCUT2D eigenvalue weighted by Crippen LogP contribution is 2.25. The van der Waals surface area contributed by atoms with Crippen LogP contribution in [0.25, 0.3) is 0 Å². The molecule has 0 unspecified atom stereocenters. The SMILES string of the molecule is C[C@H]1C(=O)C[C@H](CCOCc2ccccc2)O[C@@H]1CCO. The van der Waals surface area contributed by atoms with Crippen LogP contribution in [-0.2, 0) is 20.9 Å². The first-order valence-corrected chi connectivity index (χ1v) is 7.61. The van der Waals surface area contributed by atoms with Crippen LogP contribution in [0.15, 0.2) is 30.3 Å². The molecule has 0 aromatic heterocycles. The molecule has 0 amide bonds. The zero-order chi connectivity index (χ0) is 15.1. The van der Waals surface area contributed by atoms with Crippen molar-refractivity contribution in [3.05, 3.63) is 35.9 Å². The molecule has 1 N–H and O–H groups in total. The number of aliphatic hydroxyl groups excluding tert-OH is 1. The normalized spacial score (nSPS) is 26.0. The van der Waals surface area contributed by atoms with Crippen molar-refractivity contribution in [3.63, 3.8) is 0 Å². The highest BCUT2D eigenvalue weighted by atomic mass is 16.5. The Bertz CT molecular complexity index is 432. The van der Waals surface area contributed by atoms with Crippen LogP contribution in [0.2, 0.25) is 0 Å². The molecule has 0 aliphatic carbocycles. The van der Waals surface area contributed by atoms with Gasteiger partial charge in [0.15, 0.2) is 0 Å². The van der Waals surface area contributed by atoms with E-state index in [0.29, 0.717) is 32.5 Å². The van der Waals surface area contributed by atoms with Crippen LogP contribution in [0.3, 0.4) is 0 Å². The van der Waals surface area contributed by atoms with Gasteiger partial charge in [-0.15, -0.1) is 0 Å². The van der Waals surface area contributed by atoms with Gasteiger partial charge in [-0.3, -0.25) is 4.79 Å². The molecule has 116 valence electrons. The third kappa shape index (κ3) is 4.92. The Hall–Kier alpha value is -1.23. The van der Waals surface area contributed by atoms with Gasteiger partial charge >= 0.3 is 0 Å². The number of benzene rings is 1. The largest absolute Gasteiger partial charge is 0.396 e. The van der Waals surface area contributed by atoms with Gasteiger partial charge in [0.1, 0.15) is 5.78 Å². The molecule has 1 aliphatic heterocycles. The molecular weight excluding hydrogens is 268 g/mol. The van der Waals surface area contributed by atoms with Gasteiger partial charge in [0.25, 0.3) is 0 Å². The standard InChI is InChI=1S/C17H24O4/c1-13-16(19)11-15(21-17(13)7-9-18)8-10-20-12-14-5-3-2-4-6-14/h2-6,13,15,17-18H,7-12H2,1H3/t13-,15-,17+/m0/s1. The third-order valence-electron chi connectivity index (χ3n) is 3.97. The number of aliphatic hydroxyl groups is 1. The predicted octanol–water partition coefficient (Wildman–Crippen LogP) is 2.34. The van der Waals surface area contributed by atoms with E-state index in [1.807, 2.05) is 37.3 Å². The molecule has 4 heteroatoms. The van der Waals surface area contributed by atoms with Crippen molar-refractivity contribution in [3.8, 4) is 0 Å². The van der Waals surface area contributed by atoms with Gasteiger partial charge < -0.3 is 14.6 Å². The lowest BCUT2D eigenvalue weighted by molar-refractivity contribution is -0.148. The van der Waals surface area contributed by atoms with E-state index in [4.69, 9.17) is 14.6 Å². The topological polar surface area (TPSA) is 55.8 Å². The number of ketones is 1. The number of carbonyl (C=O) groups excluding carboxylic acids is 1. The van der Waals surface area contributed by atoms with Gasteiger partial charge in [0, 0.05) is 25.6 Å². The van der Waals surface area contributed by atoms with E-state index in [0.717, 1.165) is 5.56 Å². The van der Waals surface area contributed by atoms with Gasteiger partial charge in [0.2, 0.25) is 0 Å². The summed E-state index contributed by atoms with van der Waals surface area (Å²) in [5, 5.41) is 9.03. The first-order valence-electron chi connectivity index (χ1n) is 7.61. The van der Waals surface area contributed by atoms with E-state index in [1.54, 1.807) is 0 Å². The van der Waals surface area contributed by atoms with Crippen LogP contribution in [0.4, 0.5) is 0 Å². The summed E-state index contributed by atoms with van der Waals surface area (Å²) in [6.07, 6.45) is 1.45.